The van der Waals surface area contributed by atoms with Gasteiger partial charge in [-0.3, -0.25) is 4.90 Å². The standard InChI is InChI=1S/C24H20Cl2F2N4OS/c25-15-5-4-6-16(26)22(15)32-19-12-20(31-9-2-1-3-10-31)23(30-18(19)13-29-24(32)33)34-21-8-7-14(27)11-17(21)28/h4-8,11-12H,1-3,9-10,13H2,(H,29,33). The van der Waals surface area contributed by atoms with E-state index >= 15 is 0 Å². The van der Waals surface area contributed by atoms with Gasteiger partial charge in [-0.2, -0.15) is 0 Å². The molecule has 2 aromatic carbocycles. The molecule has 5 rings (SSSR count). The predicted octanol–water partition coefficient (Wildman–Crippen LogP) is 7.17. The Balaban J connectivity index is 1.65. The highest BCUT2D eigenvalue weighted by Gasteiger charge is 2.32. The highest BCUT2D eigenvalue weighted by atomic mass is 35.5. The Kier molecular flexibility index (Phi) is 6.55. The number of nitrogens with zero attached hydrogens (tertiary/aromatic N) is 3. The van der Waals surface area contributed by atoms with Gasteiger partial charge in [-0.05, 0) is 49.6 Å². The molecule has 2 aliphatic heterocycles. The molecule has 176 valence electrons. The molecule has 2 amide bonds. The number of halogens is 4. The minimum Gasteiger partial charge on any atom is -0.369 e. The molecule has 2 aliphatic rings. The van der Waals surface area contributed by atoms with Gasteiger partial charge in [0.25, 0.3) is 0 Å². The van der Waals surface area contributed by atoms with E-state index < -0.39 is 11.6 Å². The van der Waals surface area contributed by atoms with Crippen LogP contribution < -0.4 is 15.1 Å². The van der Waals surface area contributed by atoms with Crippen LogP contribution in [0.4, 0.5) is 30.6 Å². The van der Waals surface area contributed by atoms with Crippen LogP contribution in [0, 0.1) is 11.6 Å². The Morgan fingerprint density at radius 1 is 0.971 bits per heavy atom. The van der Waals surface area contributed by atoms with Crippen LogP contribution in [0.5, 0.6) is 0 Å². The van der Waals surface area contributed by atoms with Crippen LogP contribution in [0.3, 0.4) is 0 Å². The lowest BCUT2D eigenvalue weighted by atomic mass is 10.1. The highest BCUT2D eigenvalue weighted by Crippen LogP contribution is 2.45. The number of aromatic nitrogens is 1. The van der Waals surface area contributed by atoms with Crippen molar-refractivity contribution < 1.29 is 13.6 Å². The fraction of sp³-hybridized carbons (Fsp3) is 0.250. The number of amides is 2. The second kappa shape index (κ2) is 9.60. The van der Waals surface area contributed by atoms with Crippen LogP contribution in [0.1, 0.15) is 25.0 Å². The van der Waals surface area contributed by atoms with Gasteiger partial charge in [-0.25, -0.2) is 18.6 Å². The van der Waals surface area contributed by atoms with Crippen molar-refractivity contribution in [2.75, 3.05) is 22.9 Å². The molecule has 1 saturated heterocycles. The first-order valence-electron chi connectivity index (χ1n) is 10.9. The quantitative estimate of drug-likeness (QED) is 0.396. The normalized spacial score (nSPS) is 15.8. The third-order valence-electron chi connectivity index (χ3n) is 5.83. The number of piperidine rings is 1. The number of nitrogens with one attached hydrogen (secondary N) is 1. The van der Waals surface area contributed by atoms with Crippen LogP contribution >= 0.6 is 35.0 Å². The number of carbonyl (C=O) groups excluding carboxylic acids is 1. The molecule has 34 heavy (non-hydrogen) atoms. The molecule has 1 N–H and O–H groups in total. The molecular weight excluding hydrogens is 501 g/mol. The van der Waals surface area contributed by atoms with Crippen LogP contribution in [-0.4, -0.2) is 24.1 Å². The number of rotatable bonds is 4. The fourth-order valence-electron chi connectivity index (χ4n) is 4.21. The summed E-state index contributed by atoms with van der Waals surface area (Å²) in [5.74, 6) is -1.28. The number of hydrogen-bond donors (Lipinski definition) is 1. The van der Waals surface area contributed by atoms with Crippen molar-refractivity contribution in [2.24, 2.45) is 0 Å². The summed E-state index contributed by atoms with van der Waals surface area (Å²) in [4.78, 5) is 21.7. The van der Waals surface area contributed by atoms with E-state index in [1.165, 1.54) is 17.0 Å². The Labute approximate surface area is 210 Å². The van der Waals surface area contributed by atoms with Gasteiger partial charge in [-0.1, -0.05) is 41.0 Å². The van der Waals surface area contributed by atoms with E-state index in [-0.39, 0.29) is 17.5 Å². The largest absolute Gasteiger partial charge is 0.369 e. The molecule has 0 radical (unpaired) electrons. The average molecular weight is 521 g/mol. The topological polar surface area (TPSA) is 48.5 Å². The minimum atomic E-state index is -0.646. The van der Waals surface area contributed by atoms with E-state index in [1.54, 1.807) is 18.2 Å². The zero-order valence-electron chi connectivity index (χ0n) is 18.0. The van der Waals surface area contributed by atoms with E-state index in [9.17, 15) is 13.6 Å². The number of hydrogen-bond acceptors (Lipinski definition) is 4. The molecule has 0 bridgehead atoms. The molecule has 0 aliphatic carbocycles. The average Bonchev–Trinajstić information content (AvgIpc) is 2.82. The smallest absolute Gasteiger partial charge is 0.326 e. The molecule has 0 spiro atoms. The monoisotopic (exact) mass is 520 g/mol. The van der Waals surface area contributed by atoms with Crippen molar-refractivity contribution in [1.82, 2.24) is 10.3 Å². The summed E-state index contributed by atoms with van der Waals surface area (Å²) < 4.78 is 27.9. The molecule has 10 heteroatoms. The molecule has 3 heterocycles. The van der Waals surface area contributed by atoms with Crippen molar-refractivity contribution in [3.63, 3.8) is 0 Å². The SMILES string of the molecule is O=C1NCc2nc(Sc3ccc(F)cc3F)c(N3CCCCC3)cc2N1c1c(Cl)cccc1Cl. The van der Waals surface area contributed by atoms with Crippen molar-refractivity contribution in [1.29, 1.82) is 0 Å². The third-order valence-corrected chi connectivity index (χ3v) is 7.49. The zero-order chi connectivity index (χ0) is 23.8. The maximum atomic E-state index is 14.5. The lowest BCUT2D eigenvalue weighted by Gasteiger charge is -2.34. The van der Waals surface area contributed by atoms with Crippen molar-refractivity contribution in [3.8, 4) is 0 Å². The lowest BCUT2D eigenvalue weighted by Crippen LogP contribution is -2.42. The van der Waals surface area contributed by atoms with Gasteiger partial charge >= 0.3 is 6.03 Å². The molecule has 1 aromatic heterocycles. The molecule has 5 nitrogen and oxygen atoms in total. The van der Waals surface area contributed by atoms with Gasteiger partial charge in [0.1, 0.15) is 16.7 Å². The van der Waals surface area contributed by atoms with Crippen LogP contribution in [0.15, 0.2) is 52.4 Å². The Hall–Kier alpha value is -2.55. The van der Waals surface area contributed by atoms with E-state index in [1.807, 2.05) is 6.07 Å². The fourth-order valence-corrected chi connectivity index (χ4v) is 5.72. The highest BCUT2D eigenvalue weighted by molar-refractivity contribution is 7.99. The van der Waals surface area contributed by atoms with Gasteiger partial charge in [0.15, 0.2) is 0 Å². The first-order valence-corrected chi connectivity index (χ1v) is 12.4. The summed E-state index contributed by atoms with van der Waals surface area (Å²) >= 11 is 14.0. The summed E-state index contributed by atoms with van der Waals surface area (Å²) in [6, 6.07) is 10.1. The minimum absolute atomic E-state index is 0.201. The number of urea groups is 1. The van der Waals surface area contributed by atoms with Gasteiger partial charge in [0.05, 0.1) is 39.3 Å². The van der Waals surface area contributed by atoms with Crippen molar-refractivity contribution in [2.45, 2.75) is 35.7 Å². The molecule has 0 unspecified atom stereocenters. The molecule has 0 atom stereocenters. The van der Waals surface area contributed by atoms with Gasteiger partial charge in [0.2, 0.25) is 0 Å². The predicted molar refractivity (Wildman–Crippen MR) is 132 cm³/mol. The van der Waals surface area contributed by atoms with E-state index in [0.29, 0.717) is 32.1 Å². The molecular formula is C24H20Cl2F2N4OS. The van der Waals surface area contributed by atoms with Gasteiger partial charge in [-0.15, -0.1) is 0 Å². The second-order valence-electron chi connectivity index (χ2n) is 8.07. The number of benzene rings is 2. The maximum absolute atomic E-state index is 14.5. The van der Waals surface area contributed by atoms with Gasteiger partial charge < -0.3 is 10.2 Å². The number of para-hydroxylation sites is 1. The number of pyridine rings is 1. The third kappa shape index (κ3) is 4.42. The van der Waals surface area contributed by atoms with E-state index in [0.717, 1.165) is 55.9 Å². The summed E-state index contributed by atoms with van der Waals surface area (Å²) in [5, 5.41) is 4.07. The summed E-state index contributed by atoms with van der Waals surface area (Å²) in [5.41, 5.74) is 2.33. The van der Waals surface area contributed by atoms with Crippen molar-refractivity contribution in [3.05, 3.63) is 69.8 Å². The van der Waals surface area contributed by atoms with Crippen LogP contribution in [-0.2, 0) is 6.54 Å². The maximum Gasteiger partial charge on any atom is 0.326 e. The number of anilines is 3. The van der Waals surface area contributed by atoms with E-state index in [2.05, 4.69) is 10.2 Å². The Bertz CT molecular complexity index is 1250. The van der Waals surface area contributed by atoms with Gasteiger partial charge in [0, 0.05) is 24.1 Å². The van der Waals surface area contributed by atoms with Crippen LogP contribution in [0.2, 0.25) is 10.0 Å². The summed E-state index contributed by atoms with van der Waals surface area (Å²) in [7, 11) is 0. The lowest BCUT2D eigenvalue weighted by molar-refractivity contribution is 0.246. The van der Waals surface area contributed by atoms with Crippen LogP contribution in [0.25, 0.3) is 0 Å². The molecule has 0 saturated carbocycles. The first kappa shape index (κ1) is 23.2. The zero-order valence-corrected chi connectivity index (χ0v) is 20.3. The number of fused-ring (bicyclic) bond motifs is 1. The number of carbonyl (C=O) groups is 1. The first-order chi connectivity index (χ1) is 16.4. The summed E-state index contributed by atoms with van der Waals surface area (Å²) in [6.45, 7) is 1.84. The van der Waals surface area contributed by atoms with Crippen molar-refractivity contribution >= 4 is 58.1 Å². The second-order valence-corrected chi connectivity index (χ2v) is 9.91. The molecule has 1 fully saturated rings. The Morgan fingerprint density at radius 3 is 2.41 bits per heavy atom. The Morgan fingerprint density at radius 2 is 1.71 bits per heavy atom. The molecule has 3 aromatic rings. The summed E-state index contributed by atoms with van der Waals surface area (Å²) in [6.07, 6.45) is 3.17. The van der Waals surface area contributed by atoms with E-state index in [4.69, 9.17) is 28.2 Å².